The van der Waals surface area contributed by atoms with E-state index in [4.69, 9.17) is 18.0 Å². The molecule has 0 spiro atoms. The second kappa shape index (κ2) is 8.42. The number of terminal acetylenes is 1. The molecule has 0 fully saturated rings. The largest absolute Gasteiger partial charge is 0.331 e. The van der Waals surface area contributed by atoms with Crippen molar-refractivity contribution in [2.45, 2.75) is 0 Å². The van der Waals surface area contributed by atoms with E-state index in [-0.39, 0.29) is 24.1 Å². The third kappa shape index (κ3) is 4.58. The van der Waals surface area contributed by atoms with Crippen LogP contribution in [0.4, 0.5) is 5.69 Å². The normalized spacial score (nSPS) is 10.2. The van der Waals surface area contributed by atoms with E-state index in [1.54, 1.807) is 59.4 Å². The van der Waals surface area contributed by atoms with Gasteiger partial charge in [-0.15, -0.1) is 6.42 Å². The summed E-state index contributed by atoms with van der Waals surface area (Å²) in [6.45, 7) is -0.122. The Morgan fingerprint density at radius 1 is 1.21 bits per heavy atom. The highest BCUT2D eigenvalue weighted by Gasteiger charge is 2.18. The Hall–Kier alpha value is -3.56. The fourth-order valence-electron chi connectivity index (χ4n) is 2.57. The van der Waals surface area contributed by atoms with Gasteiger partial charge in [0, 0.05) is 29.5 Å². The highest BCUT2D eigenvalue weighted by atomic mass is 35.5. The number of carbonyl (C=O) groups excluding carboxylic acids is 2. The van der Waals surface area contributed by atoms with Crippen LogP contribution in [0.5, 0.6) is 0 Å². The summed E-state index contributed by atoms with van der Waals surface area (Å²) >= 11 is 5.99. The Labute approximate surface area is 167 Å². The summed E-state index contributed by atoms with van der Waals surface area (Å²) in [5, 5.41) is 7.56. The summed E-state index contributed by atoms with van der Waals surface area (Å²) in [6.07, 6.45) is 7.02. The molecule has 2 amide bonds. The fraction of sp³-hybridized carbons (Fsp3) is 0.0952. The van der Waals surface area contributed by atoms with Crippen LogP contribution >= 0.6 is 11.6 Å². The molecule has 0 aliphatic rings. The van der Waals surface area contributed by atoms with Crippen LogP contribution in [0.1, 0.15) is 16.1 Å². The molecule has 0 bridgehead atoms. The number of rotatable bonds is 5. The van der Waals surface area contributed by atoms with Crippen molar-refractivity contribution in [2.24, 2.45) is 0 Å². The number of halogens is 1. The number of likely N-dealkylation sites (N-methyl/N-ethyl adjacent to an activating group) is 1. The number of hydrogen-bond acceptors (Lipinski definition) is 3. The SMILES string of the molecule is C#Cc1cccc(NC(=O)CN(C)C(=O)c2ccn(-c3cccc(Cl)c3)n2)c1. The zero-order valence-corrected chi connectivity index (χ0v) is 15.8. The third-order valence-corrected chi connectivity index (χ3v) is 4.16. The van der Waals surface area contributed by atoms with Crippen molar-refractivity contribution < 1.29 is 9.59 Å². The average molecular weight is 393 g/mol. The van der Waals surface area contributed by atoms with E-state index >= 15 is 0 Å². The predicted molar refractivity (Wildman–Crippen MR) is 109 cm³/mol. The van der Waals surface area contributed by atoms with E-state index in [0.717, 1.165) is 5.69 Å². The van der Waals surface area contributed by atoms with Crippen molar-refractivity contribution in [3.8, 4) is 18.0 Å². The molecule has 6 nitrogen and oxygen atoms in total. The first-order valence-electron chi connectivity index (χ1n) is 8.40. The molecule has 0 unspecified atom stereocenters. The number of aromatic nitrogens is 2. The quantitative estimate of drug-likeness (QED) is 0.678. The van der Waals surface area contributed by atoms with Crippen LogP contribution in [-0.4, -0.2) is 40.1 Å². The summed E-state index contributed by atoms with van der Waals surface area (Å²) in [7, 11) is 1.54. The lowest BCUT2D eigenvalue weighted by atomic mass is 10.2. The Morgan fingerprint density at radius 3 is 2.75 bits per heavy atom. The van der Waals surface area contributed by atoms with Crippen LogP contribution in [-0.2, 0) is 4.79 Å². The van der Waals surface area contributed by atoms with Crippen LogP contribution in [0, 0.1) is 12.3 Å². The van der Waals surface area contributed by atoms with E-state index in [1.807, 2.05) is 6.07 Å². The van der Waals surface area contributed by atoms with E-state index < -0.39 is 0 Å². The van der Waals surface area contributed by atoms with Crippen LogP contribution < -0.4 is 5.32 Å². The molecule has 0 aliphatic carbocycles. The van der Waals surface area contributed by atoms with Gasteiger partial charge in [0.05, 0.1) is 12.2 Å². The first-order chi connectivity index (χ1) is 13.5. The molecule has 1 heterocycles. The molecule has 7 heteroatoms. The van der Waals surface area contributed by atoms with Gasteiger partial charge in [-0.3, -0.25) is 9.59 Å². The molecule has 0 saturated heterocycles. The van der Waals surface area contributed by atoms with Crippen molar-refractivity contribution in [2.75, 3.05) is 18.9 Å². The van der Waals surface area contributed by atoms with E-state index in [1.165, 1.54) is 11.9 Å². The first-order valence-corrected chi connectivity index (χ1v) is 8.77. The van der Waals surface area contributed by atoms with Crippen molar-refractivity contribution in [1.82, 2.24) is 14.7 Å². The molecule has 1 N–H and O–H groups in total. The number of anilines is 1. The molecular weight excluding hydrogens is 376 g/mol. The van der Waals surface area contributed by atoms with Crippen molar-refractivity contribution in [3.05, 3.63) is 77.1 Å². The van der Waals surface area contributed by atoms with Gasteiger partial charge in [-0.1, -0.05) is 29.7 Å². The van der Waals surface area contributed by atoms with Gasteiger partial charge in [0.25, 0.3) is 5.91 Å². The molecule has 1 aromatic heterocycles. The van der Waals surface area contributed by atoms with Crippen molar-refractivity contribution >= 4 is 29.1 Å². The van der Waals surface area contributed by atoms with Crippen LogP contribution in [0.25, 0.3) is 5.69 Å². The van der Waals surface area contributed by atoms with Crippen LogP contribution in [0.15, 0.2) is 60.8 Å². The smallest absolute Gasteiger partial charge is 0.274 e. The maximum atomic E-state index is 12.6. The second-order valence-electron chi connectivity index (χ2n) is 6.06. The molecule has 140 valence electrons. The highest BCUT2D eigenvalue weighted by Crippen LogP contribution is 2.15. The zero-order chi connectivity index (χ0) is 20.1. The van der Waals surface area contributed by atoms with Gasteiger partial charge in [0.2, 0.25) is 5.91 Å². The number of nitrogens with one attached hydrogen (secondary N) is 1. The summed E-state index contributed by atoms with van der Waals surface area (Å²) in [6, 6.07) is 15.6. The van der Waals surface area contributed by atoms with E-state index in [0.29, 0.717) is 16.3 Å². The maximum absolute atomic E-state index is 12.6. The Balaban J connectivity index is 1.64. The van der Waals surface area contributed by atoms with Gasteiger partial charge in [0.1, 0.15) is 0 Å². The monoisotopic (exact) mass is 392 g/mol. The van der Waals surface area contributed by atoms with Gasteiger partial charge < -0.3 is 10.2 Å². The van der Waals surface area contributed by atoms with Gasteiger partial charge in [-0.05, 0) is 42.5 Å². The number of hydrogen-bond donors (Lipinski definition) is 1. The molecule has 3 aromatic rings. The predicted octanol–water partition coefficient (Wildman–Crippen LogP) is 3.22. The van der Waals surface area contributed by atoms with Gasteiger partial charge in [-0.25, -0.2) is 4.68 Å². The molecule has 0 aliphatic heterocycles. The van der Waals surface area contributed by atoms with Crippen LogP contribution in [0.2, 0.25) is 5.02 Å². The highest BCUT2D eigenvalue weighted by molar-refractivity contribution is 6.30. The van der Waals surface area contributed by atoms with Crippen molar-refractivity contribution in [1.29, 1.82) is 0 Å². The Kier molecular flexibility index (Phi) is 5.78. The van der Waals surface area contributed by atoms with Crippen molar-refractivity contribution in [3.63, 3.8) is 0 Å². The lowest BCUT2D eigenvalue weighted by Crippen LogP contribution is -2.35. The molecule has 3 rings (SSSR count). The molecule has 0 saturated carbocycles. The lowest BCUT2D eigenvalue weighted by Gasteiger charge is -2.15. The average Bonchev–Trinajstić information content (AvgIpc) is 3.17. The molecule has 28 heavy (non-hydrogen) atoms. The number of benzene rings is 2. The van der Waals surface area contributed by atoms with E-state index in [9.17, 15) is 9.59 Å². The summed E-state index contributed by atoms with van der Waals surface area (Å²) in [5.74, 6) is 1.80. The van der Waals surface area contributed by atoms with Gasteiger partial charge in [-0.2, -0.15) is 5.10 Å². The minimum atomic E-state index is -0.367. The first kappa shape index (κ1) is 19.2. The number of amides is 2. The lowest BCUT2D eigenvalue weighted by molar-refractivity contribution is -0.116. The molecular formula is C21H17ClN4O2. The minimum absolute atomic E-state index is 0.122. The summed E-state index contributed by atoms with van der Waals surface area (Å²) in [5.41, 5.74) is 2.20. The molecule has 0 radical (unpaired) electrons. The van der Waals surface area contributed by atoms with Crippen LogP contribution in [0.3, 0.4) is 0 Å². The zero-order valence-electron chi connectivity index (χ0n) is 15.1. The topological polar surface area (TPSA) is 67.2 Å². The second-order valence-corrected chi connectivity index (χ2v) is 6.50. The minimum Gasteiger partial charge on any atom is -0.331 e. The third-order valence-electron chi connectivity index (χ3n) is 3.92. The Morgan fingerprint density at radius 2 is 2.00 bits per heavy atom. The van der Waals surface area contributed by atoms with Gasteiger partial charge in [0.15, 0.2) is 5.69 Å². The standard InChI is InChI=1S/C21H17ClN4O2/c1-3-15-6-4-8-17(12-15)23-20(27)14-25(2)21(28)19-10-11-26(24-19)18-9-5-7-16(22)13-18/h1,4-13H,14H2,2H3,(H,23,27). The summed E-state index contributed by atoms with van der Waals surface area (Å²) in [4.78, 5) is 26.1. The van der Waals surface area contributed by atoms with Gasteiger partial charge >= 0.3 is 0 Å². The number of carbonyl (C=O) groups is 2. The van der Waals surface area contributed by atoms with E-state index in [2.05, 4.69) is 16.3 Å². The Bertz CT molecular complexity index is 1070. The summed E-state index contributed by atoms with van der Waals surface area (Å²) < 4.78 is 1.55. The molecule has 0 atom stereocenters. The fourth-order valence-corrected chi connectivity index (χ4v) is 2.75. The maximum Gasteiger partial charge on any atom is 0.274 e. The number of nitrogens with zero attached hydrogens (tertiary/aromatic N) is 3. The molecule has 2 aromatic carbocycles.